The van der Waals surface area contributed by atoms with E-state index in [1.807, 2.05) is 20.8 Å². The van der Waals surface area contributed by atoms with Crippen molar-refractivity contribution >= 4 is 39.0 Å². The van der Waals surface area contributed by atoms with E-state index in [1.54, 1.807) is 6.07 Å². The number of nitrogens with zero attached hydrogens (tertiary/aromatic N) is 2. The fourth-order valence-electron chi connectivity index (χ4n) is 4.46. The SMILES string of the molecule is COC(=O)c1sc2ncnc(Nc3ccc(F)cc3O[C@@H]3CC[C@H]4OC(C)(C)O[C@@H]34)c2c1C. The van der Waals surface area contributed by atoms with E-state index in [1.165, 1.54) is 36.9 Å². The van der Waals surface area contributed by atoms with Crippen molar-refractivity contribution in [1.29, 1.82) is 0 Å². The molecule has 0 spiro atoms. The lowest BCUT2D eigenvalue weighted by Crippen LogP contribution is -2.33. The van der Waals surface area contributed by atoms with Gasteiger partial charge in [-0.05, 0) is 51.3 Å². The maximum Gasteiger partial charge on any atom is 0.348 e. The van der Waals surface area contributed by atoms with E-state index in [4.69, 9.17) is 18.9 Å². The minimum atomic E-state index is -0.666. The quantitative estimate of drug-likeness (QED) is 0.532. The number of nitrogens with one attached hydrogen (secondary N) is 1. The number of fused-ring (bicyclic) bond motifs is 2. The second kappa shape index (κ2) is 8.19. The molecule has 1 aliphatic heterocycles. The van der Waals surface area contributed by atoms with Gasteiger partial charge in [-0.15, -0.1) is 11.3 Å². The smallest absolute Gasteiger partial charge is 0.348 e. The fourth-order valence-corrected chi connectivity index (χ4v) is 5.53. The summed E-state index contributed by atoms with van der Waals surface area (Å²) in [5.74, 6) is -0.667. The number of hydrogen-bond acceptors (Lipinski definition) is 9. The van der Waals surface area contributed by atoms with Crippen LogP contribution in [0.1, 0.15) is 41.9 Å². The number of thiophene rings is 1. The number of aromatic nitrogens is 2. The maximum absolute atomic E-state index is 14.2. The van der Waals surface area contributed by atoms with Crippen molar-refractivity contribution < 1.29 is 28.1 Å². The number of benzene rings is 1. The van der Waals surface area contributed by atoms with E-state index >= 15 is 0 Å². The third kappa shape index (κ3) is 4.03. The van der Waals surface area contributed by atoms with Gasteiger partial charge >= 0.3 is 5.97 Å². The molecule has 174 valence electrons. The molecule has 3 heterocycles. The molecule has 0 amide bonds. The molecule has 1 aromatic carbocycles. The van der Waals surface area contributed by atoms with E-state index in [0.717, 1.165) is 12.8 Å². The summed E-state index contributed by atoms with van der Waals surface area (Å²) in [7, 11) is 1.34. The monoisotopic (exact) mass is 473 g/mol. The maximum atomic E-state index is 14.2. The predicted octanol–water partition coefficient (Wildman–Crippen LogP) is 4.73. The Bertz CT molecular complexity index is 1230. The van der Waals surface area contributed by atoms with Crippen LogP contribution in [0.5, 0.6) is 5.75 Å². The zero-order chi connectivity index (χ0) is 23.3. The van der Waals surface area contributed by atoms with Gasteiger partial charge in [0.15, 0.2) is 5.79 Å². The molecule has 2 aliphatic rings. The summed E-state index contributed by atoms with van der Waals surface area (Å²) in [5, 5.41) is 3.95. The predicted molar refractivity (Wildman–Crippen MR) is 121 cm³/mol. The van der Waals surface area contributed by atoms with Gasteiger partial charge in [0.1, 0.15) is 45.6 Å². The molecule has 0 radical (unpaired) electrons. The van der Waals surface area contributed by atoms with Crippen LogP contribution in [0.2, 0.25) is 0 Å². The van der Waals surface area contributed by atoms with E-state index in [-0.39, 0.29) is 18.3 Å². The summed E-state index contributed by atoms with van der Waals surface area (Å²) in [6.45, 7) is 5.58. The Morgan fingerprint density at radius 1 is 1.27 bits per heavy atom. The van der Waals surface area contributed by atoms with E-state index < -0.39 is 17.6 Å². The minimum absolute atomic E-state index is 0.0401. The number of methoxy groups -OCH3 is 1. The second-order valence-electron chi connectivity index (χ2n) is 8.59. The standard InChI is InChI=1S/C23H24FN3O5S/c1-11-17-20(25-10-26-21(17)33-19(11)22(28)29-4)27-13-6-5-12(24)9-16(13)30-14-7-8-15-18(14)32-23(2,3)31-15/h5-6,9-10,14-15,18H,7-8H2,1-4H3,(H,25,26,27)/t14-,15-,18+/m1/s1. The Balaban J connectivity index is 1.46. The van der Waals surface area contributed by atoms with Gasteiger partial charge in [-0.1, -0.05) is 0 Å². The first-order chi connectivity index (χ1) is 15.8. The van der Waals surface area contributed by atoms with E-state index in [2.05, 4.69) is 15.3 Å². The number of rotatable bonds is 5. The first-order valence-electron chi connectivity index (χ1n) is 10.7. The molecule has 2 aromatic heterocycles. The topological polar surface area (TPSA) is 91.8 Å². The Morgan fingerprint density at radius 2 is 2.09 bits per heavy atom. The van der Waals surface area contributed by atoms with Crippen LogP contribution >= 0.6 is 11.3 Å². The highest BCUT2D eigenvalue weighted by atomic mass is 32.1. The van der Waals surface area contributed by atoms with Gasteiger partial charge in [0.2, 0.25) is 0 Å². The molecule has 2 fully saturated rings. The highest BCUT2D eigenvalue weighted by Gasteiger charge is 2.50. The number of aryl methyl sites for hydroxylation is 1. The number of carbonyl (C=O) groups excluding carboxylic acids is 1. The Kier molecular flexibility index (Phi) is 5.46. The molecule has 0 unspecified atom stereocenters. The van der Waals surface area contributed by atoms with Crippen molar-refractivity contribution in [2.75, 3.05) is 12.4 Å². The molecule has 33 heavy (non-hydrogen) atoms. The van der Waals surface area contributed by atoms with Gasteiger partial charge in [0.05, 0.1) is 24.3 Å². The zero-order valence-electron chi connectivity index (χ0n) is 18.7. The number of anilines is 2. The molecule has 0 bridgehead atoms. The van der Waals surface area contributed by atoms with Gasteiger partial charge in [-0.25, -0.2) is 19.2 Å². The van der Waals surface area contributed by atoms with Crippen LogP contribution in [-0.2, 0) is 14.2 Å². The van der Waals surface area contributed by atoms with Crippen molar-refractivity contribution in [3.8, 4) is 5.75 Å². The fraction of sp³-hybridized carbons (Fsp3) is 0.435. The Morgan fingerprint density at radius 3 is 2.88 bits per heavy atom. The van der Waals surface area contributed by atoms with Crippen LogP contribution < -0.4 is 10.1 Å². The van der Waals surface area contributed by atoms with Crippen LogP contribution in [0.15, 0.2) is 24.5 Å². The van der Waals surface area contributed by atoms with Crippen LogP contribution in [0.25, 0.3) is 10.2 Å². The summed E-state index contributed by atoms with van der Waals surface area (Å²) in [5.41, 5.74) is 1.26. The number of ether oxygens (including phenoxy) is 4. The summed E-state index contributed by atoms with van der Waals surface area (Å²) >= 11 is 1.24. The molecule has 1 saturated heterocycles. The lowest BCUT2D eigenvalue weighted by molar-refractivity contribution is -0.159. The van der Waals surface area contributed by atoms with Crippen molar-refractivity contribution in [1.82, 2.24) is 9.97 Å². The molecule has 10 heteroatoms. The number of esters is 1. The summed E-state index contributed by atoms with van der Waals surface area (Å²) in [4.78, 5) is 21.9. The lowest BCUT2D eigenvalue weighted by atomic mass is 10.2. The zero-order valence-corrected chi connectivity index (χ0v) is 19.5. The van der Waals surface area contributed by atoms with Crippen LogP contribution in [0, 0.1) is 12.7 Å². The highest BCUT2D eigenvalue weighted by Crippen LogP contribution is 2.42. The van der Waals surface area contributed by atoms with Gasteiger partial charge in [-0.2, -0.15) is 0 Å². The van der Waals surface area contributed by atoms with Crippen molar-refractivity contribution in [2.24, 2.45) is 0 Å². The Labute approximate surface area is 194 Å². The molecule has 3 aromatic rings. The third-order valence-electron chi connectivity index (χ3n) is 5.90. The number of carbonyl (C=O) groups is 1. The van der Waals surface area contributed by atoms with Crippen LogP contribution in [0.3, 0.4) is 0 Å². The first-order valence-corrected chi connectivity index (χ1v) is 11.5. The number of halogens is 1. The molecular weight excluding hydrogens is 449 g/mol. The molecule has 1 saturated carbocycles. The second-order valence-corrected chi connectivity index (χ2v) is 9.59. The highest BCUT2D eigenvalue weighted by molar-refractivity contribution is 7.20. The molecular formula is C23H24FN3O5S. The summed E-state index contributed by atoms with van der Waals surface area (Å²) in [6.07, 6.45) is 2.45. The minimum Gasteiger partial charge on any atom is -0.485 e. The van der Waals surface area contributed by atoms with Crippen LogP contribution in [-0.4, -0.2) is 47.1 Å². The van der Waals surface area contributed by atoms with Gasteiger partial charge in [0, 0.05) is 6.07 Å². The van der Waals surface area contributed by atoms with Gasteiger partial charge in [0.25, 0.3) is 0 Å². The third-order valence-corrected chi connectivity index (χ3v) is 7.08. The molecule has 1 N–H and O–H groups in total. The van der Waals surface area contributed by atoms with Crippen molar-refractivity contribution in [3.05, 3.63) is 40.8 Å². The van der Waals surface area contributed by atoms with E-state index in [0.29, 0.717) is 37.9 Å². The molecule has 1 aliphatic carbocycles. The number of hydrogen-bond donors (Lipinski definition) is 1. The molecule has 5 rings (SSSR count). The van der Waals surface area contributed by atoms with Gasteiger partial charge in [-0.3, -0.25) is 0 Å². The summed E-state index contributed by atoms with van der Waals surface area (Å²) < 4.78 is 37.3. The average molecular weight is 474 g/mol. The molecule has 3 atom stereocenters. The van der Waals surface area contributed by atoms with Gasteiger partial charge < -0.3 is 24.3 Å². The largest absolute Gasteiger partial charge is 0.485 e. The van der Waals surface area contributed by atoms with Crippen LogP contribution in [0.4, 0.5) is 15.9 Å². The van der Waals surface area contributed by atoms with Crippen molar-refractivity contribution in [2.45, 2.75) is 57.7 Å². The Hall–Kier alpha value is -2.82. The normalized spacial score (nSPS) is 23.5. The summed E-state index contributed by atoms with van der Waals surface area (Å²) in [6, 6.07) is 4.29. The van der Waals surface area contributed by atoms with E-state index in [9.17, 15) is 9.18 Å². The lowest BCUT2D eigenvalue weighted by Gasteiger charge is -2.24. The first kappa shape index (κ1) is 22.0. The average Bonchev–Trinajstić information content (AvgIpc) is 3.40. The van der Waals surface area contributed by atoms with Crippen molar-refractivity contribution in [3.63, 3.8) is 0 Å². The molecule has 8 nitrogen and oxygen atoms in total.